The molecule has 0 bridgehead atoms. The molecule has 2 aliphatic rings. The number of nitrogens with zero attached hydrogens (tertiary/aromatic N) is 1. The van der Waals surface area contributed by atoms with E-state index in [2.05, 4.69) is 26.1 Å². The predicted molar refractivity (Wildman–Crippen MR) is 94.7 cm³/mol. The number of carbonyl (C=O) groups excluding carboxylic acids is 1. The summed E-state index contributed by atoms with van der Waals surface area (Å²) >= 11 is 3.48. The lowest BCUT2D eigenvalue weighted by atomic mass is 10.1. The normalized spacial score (nSPS) is 22.8. The molecule has 1 aromatic carbocycles. The molecule has 1 aromatic rings. The number of likely N-dealkylation sites (tertiary alicyclic amines) is 1. The van der Waals surface area contributed by atoms with E-state index >= 15 is 0 Å². The Labute approximate surface area is 146 Å². The standard InChI is InChI=1S/C18H25BrN2O2/c1-12-3-6-17(16(19)9-12)23-13(2)18(22)20-10-14-7-8-21(11-14)15-4-5-15/h3,6,9,13-15H,4-5,7-8,10-11H2,1-2H3,(H,20,22). The summed E-state index contributed by atoms with van der Waals surface area (Å²) in [5.41, 5.74) is 1.16. The molecule has 1 heterocycles. The zero-order valence-corrected chi connectivity index (χ0v) is 15.4. The molecule has 1 aliphatic carbocycles. The van der Waals surface area contributed by atoms with Crippen molar-refractivity contribution in [2.75, 3.05) is 19.6 Å². The number of carbonyl (C=O) groups is 1. The fourth-order valence-corrected chi connectivity index (χ4v) is 3.72. The summed E-state index contributed by atoms with van der Waals surface area (Å²) in [5.74, 6) is 1.25. The molecule has 2 unspecified atom stereocenters. The van der Waals surface area contributed by atoms with Crippen LogP contribution < -0.4 is 10.1 Å². The smallest absolute Gasteiger partial charge is 0.260 e. The second kappa shape index (κ2) is 7.22. The lowest BCUT2D eigenvalue weighted by molar-refractivity contribution is -0.127. The van der Waals surface area contributed by atoms with Gasteiger partial charge < -0.3 is 15.0 Å². The first-order valence-corrected chi connectivity index (χ1v) is 9.27. The molecule has 1 aliphatic heterocycles. The zero-order chi connectivity index (χ0) is 16.4. The third-order valence-electron chi connectivity index (χ3n) is 4.71. The van der Waals surface area contributed by atoms with Crippen LogP contribution in [0.3, 0.4) is 0 Å². The molecule has 0 radical (unpaired) electrons. The number of benzene rings is 1. The number of nitrogens with one attached hydrogen (secondary N) is 1. The molecule has 0 aromatic heterocycles. The maximum Gasteiger partial charge on any atom is 0.260 e. The molecule has 5 heteroatoms. The molecule has 23 heavy (non-hydrogen) atoms. The van der Waals surface area contributed by atoms with E-state index in [9.17, 15) is 4.79 Å². The van der Waals surface area contributed by atoms with Gasteiger partial charge in [-0.15, -0.1) is 0 Å². The van der Waals surface area contributed by atoms with Crippen molar-refractivity contribution < 1.29 is 9.53 Å². The Morgan fingerprint density at radius 2 is 2.22 bits per heavy atom. The fraction of sp³-hybridized carbons (Fsp3) is 0.611. The highest BCUT2D eigenvalue weighted by Gasteiger charge is 2.34. The molecule has 1 saturated heterocycles. The van der Waals surface area contributed by atoms with Gasteiger partial charge in [0.05, 0.1) is 4.47 Å². The molecule has 1 N–H and O–H groups in total. The van der Waals surface area contributed by atoms with Crippen LogP contribution in [0.15, 0.2) is 22.7 Å². The van der Waals surface area contributed by atoms with Gasteiger partial charge in [-0.25, -0.2) is 0 Å². The van der Waals surface area contributed by atoms with Crippen molar-refractivity contribution in [1.82, 2.24) is 10.2 Å². The summed E-state index contributed by atoms with van der Waals surface area (Å²) in [6, 6.07) is 6.70. The summed E-state index contributed by atoms with van der Waals surface area (Å²) < 4.78 is 6.66. The second-order valence-electron chi connectivity index (χ2n) is 6.82. The highest BCUT2D eigenvalue weighted by molar-refractivity contribution is 9.10. The van der Waals surface area contributed by atoms with Gasteiger partial charge in [-0.2, -0.15) is 0 Å². The maximum atomic E-state index is 12.2. The van der Waals surface area contributed by atoms with Crippen LogP contribution in [-0.2, 0) is 4.79 Å². The average molecular weight is 381 g/mol. The van der Waals surface area contributed by atoms with E-state index in [4.69, 9.17) is 4.74 Å². The van der Waals surface area contributed by atoms with Gasteiger partial charge in [0, 0.05) is 19.1 Å². The van der Waals surface area contributed by atoms with Crippen LogP contribution in [0.5, 0.6) is 5.75 Å². The lowest BCUT2D eigenvalue weighted by Gasteiger charge is -2.18. The molecule has 4 nitrogen and oxygen atoms in total. The highest BCUT2D eigenvalue weighted by atomic mass is 79.9. The summed E-state index contributed by atoms with van der Waals surface area (Å²) in [5, 5.41) is 3.05. The van der Waals surface area contributed by atoms with Gasteiger partial charge in [0.25, 0.3) is 5.91 Å². The minimum absolute atomic E-state index is 0.0395. The molecule has 3 rings (SSSR count). The van der Waals surface area contributed by atoms with E-state index in [1.165, 1.54) is 25.8 Å². The number of rotatable bonds is 6. The molecule has 1 saturated carbocycles. The average Bonchev–Trinajstić information content (AvgIpc) is 3.26. The number of aryl methyl sites for hydroxylation is 1. The molecule has 0 spiro atoms. The van der Waals surface area contributed by atoms with E-state index in [0.717, 1.165) is 29.2 Å². The van der Waals surface area contributed by atoms with Crippen LogP contribution in [0.4, 0.5) is 0 Å². The molecule has 2 atom stereocenters. The maximum absolute atomic E-state index is 12.2. The van der Waals surface area contributed by atoms with Crippen LogP contribution in [-0.4, -0.2) is 42.6 Å². The van der Waals surface area contributed by atoms with Gasteiger partial charge in [-0.05, 0) is 79.2 Å². The van der Waals surface area contributed by atoms with Crippen LogP contribution >= 0.6 is 15.9 Å². The first-order chi connectivity index (χ1) is 11.0. The van der Waals surface area contributed by atoms with Crippen LogP contribution in [0.25, 0.3) is 0 Å². The number of ether oxygens (including phenoxy) is 1. The van der Waals surface area contributed by atoms with Gasteiger partial charge in [0.2, 0.25) is 0 Å². The number of hydrogen-bond donors (Lipinski definition) is 1. The Balaban J connectivity index is 1.44. The monoisotopic (exact) mass is 380 g/mol. The number of halogens is 1. The second-order valence-corrected chi connectivity index (χ2v) is 7.67. The van der Waals surface area contributed by atoms with E-state index in [1.807, 2.05) is 25.1 Å². The largest absolute Gasteiger partial charge is 0.480 e. The third kappa shape index (κ3) is 4.48. The van der Waals surface area contributed by atoms with E-state index in [-0.39, 0.29) is 5.91 Å². The van der Waals surface area contributed by atoms with Crippen molar-refractivity contribution in [1.29, 1.82) is 0 Å². The Hall–Kier alpha value is -1.07. The van der Waals surface area contributed by atoms with E-state index in [0.29, 0.717) is 11.7 Å². The molecular weight excluding hydrogens is 356 g/mol. The van der Waals surface area contributed by atoms with Gasteiger partial charge >= 0.3 is 0 Å². The highest BCUT2D eigenvalue weighted by Crippen LogP contribution is 2.31. The fourth-order valence-electron chi connectivity index (χ4n) is 3.13. The Bertz CT molecular complexity index is 574. The van der Waals surface area contributed by atoms with Gasteiger partial charge in [-0.3, -0.25) is 4.79 Å². The van der Waals surface area contributed by atoms with Crippen LogP contribution in [0.1, 0.15) is 31.7 Å². The van der Waals surface area contributed by atoms with Crippen molar-refractivity contribution >= 4 is 21.8 Å². The Kier molecular flexibility index (Phi) is 5.27. The first kappa shape index (κ1) is 16.8. The first-order valence-electron chi connectivity index (χ1n) is 8.47. The van der Waals surface area contributed by atoms with Gasteiger partial charge in [-0.1, -0.05) is 6.07 Å². The summed E-state index contributed by atoms with van der Waals surface area (Å²) in [4.78, 5) is 14.8. The van der Waals surface area contributed by atoms with Crippen molar-refractivity contribution in [2.24, 2.45) is 5.92 Å². The summed E-state index contributed by atoms with van der Waals surface area (Å²) in [6.45, 7) is 6.89. The molecule has 2 fully saturated rings. The van der Waals surface area contributed by atoms with Crippen molar-refractivity contribution in [3.63, 3.8) is 0 Å². The number of hydrogen-bond acceptors (Lipinski definition) is 3. The van der Waals surface area contributed by atoms with Crippen LogP contribution in [0, 0.1) is 12.8 Å². The van der Waals surface area contributed by atoms with Crippen molar-refractivity contribution in [3.8, 4) is 5.75 Å². The lowest BCUT2D eigenvalue weighted by Crippen LogP contribution is -2.39. The van der Waals surface area contributed by atoms with Gasteiger partial charge in [0.1, 0.15) is 5.75 Å². The number of amides is 1. The molecule has 126 valence electrons. The van der Waals surface area contributed by atoms with E-state index in [1.54, 1.807) is 6.92 Å². The topological polar surface area (TPSA) is 41.6 Å². The Morgan fingerprint density at radius 3 is 2.91 bits per heavy atom. The Morgan fingerprint density at radius 1 is 1.43 bits per heavy atom. The molecular formula is C18H25BrN2O2. The van der Waals surface area contributed by atoms with Gasteiger partial charge in [0.15, 0.2) is 6.10 Å². The SMILES string of the molecule is Cc1ccc(OC(C)C(=O)NCC2CCN(C3CC3)C2)c(Br)c1. The van der Waals surface area contributed by atoms with E-state index < -0.39 is 6.10 Å². The summed E-state index contributed by atoms with van der Waals surface area (Å²) in [6.07, 6.45) is 3.41. The quantitative estimate of drug-likeness (QED) is 0.823. The molecule has 1 amide bonds. The zero-order valence-electron chi connectivity index (χ0n) is 13.8. The van der Waals surface area contributed by atoms with Crippen molar-refractivity contribution in [3.05, 3.63) is 28.2 Å². The minimum atomic E-state index is -0.491. The minimum Gasteiger partial charge on any atom is -0.480 e. The third-order valence-corrected chi connectivity index (χ3v) is 5.33. The van der Waals surface area contributed by atoms with Crippen molar-refractivity contribution in [2.45, 2.75) is 45.3 Å². The predicted octanol–water partition coefficient (Wildman–Crippen LogP) is 3.13. The van der Waals surface area contributed by atoms with Crippen LogP contribution in [0.2, 0.25) is 0 Å². The summed E-state index contributed by atoms with van der Waals surface area (Å²) in [7, 11) is 0.